The average molecular weight is 306 g/mol. The molecule has 1 atom stereocenters. The summed E-state index contributed by atoms with van der Waals surface area (Å²) in [7, 11) is 0. The highest BCUT2D eigenvalue weighted by Gasteiger charge is 2.22. The molecule has 1 aromatic rings. The molecule has 6 nitrogen and oxygen atoms in total. The summed E-state index contributed by atoms with van der Waals surface area (Å²) in [5, 5.41) is 12.6. The zero-order valence-electron chi connectivity index (χ0n) is 10.7. The van der Waals surface area contributed by atoms with Crippen LogP contribution >= 0.6 is 0 Å². The molecule has 0 saturated carbocycles. The van der Waals surface area contributed by atoms with Gasteiger partial charge in [-0.3, -0.25) is 4.79 Å². The van der Waals surface area contributed by atoms with Crippen molar-refractivity contribution in [2.45, 2.75) is 19.2 Å². The highest BCUT2D eigenvalue weighted by molar-refractivity contribution is 5.85. The van der Waals surface area contributed by atoms with E-state index in [0.717, 1.165) is 0 Å². The van der Waals surface area contributed by atoms with E-state index in [4.69, 9.17) is 5.11 Å². The molecule has 0 aliphatic heterocycles. The molecule has 116 valence electrons. The van der Waals surface area contributed by atoms with Crippen LogP contribution in [0.5, 0.6) is 0 Å². The highest BCUT2D eigenvalue weighted by Crippen LogP contribution is 2.03. The number of carbonyl (C=O) groups excluding carboxylic acids is 1. The van der Waals surface area contributed by atoms with Crippen molar-refractivity contribution in [3.05, 3.63) is 35.6 Å². The van der Waals surface area contributed by atoms with Crippen molar-refractivity contribution in [1.82, 2.24) is 10.6 Å². The summed E-state index contributed by atoms with van der Waals surface area (Å²) >= 11 is 0. The second-order valence-electron chi connectivity index (χ2n) is 3.94. The Kier molecular flexibility index (Phi) is 6.47. The summed E-state index contributed by atoms with van der Waals surface area (Å²) in [4.78, 5) is 22.2. The molecule has 0 aliphatic rings. The van der Waals surface area contributed by atoms with Gasteiger partial charge in [0.25, 0.3) is 0 Å². The fraction of sp³-hybridized carbons (Fsp3) is 0.333. The Balaban J connectivity index is 2.56. The van der Waals surface area contributed by atoms with Crippen LogP contribution in [-0.4, -0.2) is 36.4 Å². The van der Waals surface area contributed by atoms with E-state index in [1.807, 2.05) is 0 Å². The van der Waals surface area contributed by atoms with Crippen LogP contribution in [0.15, 0.2) is 24.3 Å². The van der Waals surface area contributed by atoms with E-state index in [0.29, 0.717) is 5.56 Å². The Hall–Kier alpha value is -2.29. The van der Waals surface area contributed by atoms with Crippen LogP contribution in [0.4, 0.5) is 18.0 Å². The number of ether oxygens (including phenoxy) is 1. The third-order valence-electron chi connectivity index (χ3n) is 2.36. The fourth-order valence-corrected chi connectivity index (χ4v) is 1.46. The summed E-state index contributed by atoms with van der Waals surface area (Å²) in [5.41, 5.74) is 0.437. The molecule has 0 radical (unpaired) electrons. The van der Waals surface area contributed by atoms with Gasteiger partial charge in [-0.05, 0) is 17.7 Å². The Morgan fingerprint density at radius 3 is 2.62 bits per heavy atom. The van der Waals surface area contributed by atoms with E-state index in [1.54, 1.807) is 11.4 Å². The third-order valence-corrected chi connectivity index (χ3v) is 2.36. The maximum absolute atomic E-state index is 12.9. The minimum absolute atomic E-state index is 0.0803. The first-order chi connectivity index (χ1) is 9.88. The van der Waals surface area contributed by atoms with Crippen LogP contribution in [0.3, 0.4) is 0 Å². The molecule has 21 heavy (non-hydrogen) atoms. The van der Waals surface area contributed by atoms with Gasteiger partial charge in [0.2, 0.25) is 5.91 Å². The van der Waals surface area contributed by atoms with Crippen molar-refractivity contribution in [2.75, 3.05) is 6.61 Å². The van der Waals surface area contributed by atoms with Gasteiger partial charge < -0.3 is 20.5 Å². The van der Waals surface area contributed by atoms with Crippen LogP contribution < -0.4 is 10.6 Å². The summed E-state index contributed by atoms with van der Waals surface area (Å²) in [6.45, 7) is -4.03. The van der Waals surface area contributed by atoms with Gasteiger partial charge in [0.05, 0.1) is 6.61 Å². The first-order valence-electron chi connectivity index (χ1n) is 5.80. The van der Waals surface area contributed by atoms with Gasteiger partial charge >= 0.3 is 12.7 Å². The Morgan fingerprint density at radius 1 is 1.33 bits per heavy atom. The molecule has 3 N–H and O–H groups in total. The van der Waals surface area contributed by atoms with Gasteiger partial charge in [-0.15, -0.1) is 0 Å². The lowest BCUT2D eigenvalue weighted by Crippen LogP contribution is -2.49. The Labute approximate surface area is 117 Å². The Bertz CT molecular complexity index is 499. The largest absolute Gasteiger partial charge is 0.465 e. The number of rotatable bonds is 7. The zero-order chi connectivity index (χ0) is 15.8. The van der Waals surface area contributed by atoms with Crippen molar-refractivity contribution >= 4 is 12.0 Å². The smallest absolute Gasteiger partial charge is 0.405 e. The summed E-state index contributed by atoms with van der Waals surface area (Å²) in [5.74, 6) is -1.36. The molecule has 1 aromatic carbocycles. The summed E-state index contributed by atoms with van der Waals surface area (Å²) < 4.78 is 40.7. The van der Waals surface area contributed by atoms with Crippen molar-refractivity contribution in [2.24, 2.45) is 0 Å². The molecule has 0 aliphatic carbocycles. The SMILES string of the molecule is O=C(O)N[C@H](COC(F)F)C(=O)NCc1cccc(F)c1. The van der Waals surface area contributed by atoms with Gasteiger partial charge in [0, 0.05) is 6.54 Å². The number of amides is 2. The van der Waals surface area contributed by atoms with Gasteiger partial charge in [0.15, 0.2) is 0 Å². The van der Waals surface area contributed by atoms with Gasteiger partial charge in [-0.1, -0.05) is 12.1 Å². The third kappa shape index (κ3) is 6.61. The summed E-state index contributed by atoms with van der Waals surface area (Å²) in [6.07, 6.45) is -1.56. The first kappa shape index (κ1) is 16.8. The van der Waals surface area contributed by atoms with Gasteiger partial charge in [-0.2, -0.15) is 8.78 Å². The van der Waals surface area contributed by atoms with Crippen molar-refractivity contribution in [1.29, 1.82) is 0 Å². The lowest BCUT2D eigenvalue weighted by Gasteiger charge is -2.16. The molecule has 0 unspecified atom stereocenters. The molecular formula is C12H13F3N2O4. The maximum atomic E-state index is 12.9. The van der Waals surface area contributed by atoms with E-state index < -0.39 is 37.1 Å². The zero-order valence-corrected chi connectivity index (χ0v) is 10.7. The van der Waals surface area contributed by atoms with E-state index in [9.17, 15) is 22.8 Å². The molecule has 1 rings (SSSR count). The van der Waals surface area contributed by atoms with Crippen molar-refractivity contribution < 1.29 is 32.6 Å². The minimum Gasteiger partial charge on any atom is -0.465 e. The topological polar surface area (TPSA) is 87.7 Å². The second kappa shape index (κ2) is 8.10. The number of carboxylic acid groups (broad SMARTS) is 1. The van der Waals surface area contributed by atoms with E-state index in [-0.39, 0.29) is 6.54 Å². The molecule has 0 heterocycles. The molecular weight excluding hydrogens is 293 g/mol. The summed E-state index contributed by atoms with van der Waals surface area (Å²) in [6, 6.07) is 3.87. The van der Waals surface area contributed by atoms with Crippen LogP contribution in [0, 0.1) is 5.82 Å². The second-order valence-corrected chi connectivity index (χ2v) is 3.94. The number of benzene rings is 1. The predicted octanol–water partition coefficient (Wildman–Crippen LogP) is 1.32. The maximum Gasteiger partial charge on any atom is 0.405 e. The Morgan fingerprint density at radius 2 is 2.05 bits per heavy atom. The van der Waals surface area contributed by atoms with Crippen LogP contribution in [0.2, 0.25) is 0 Å². The molecule has 9 heteroatoms. The minimum atomic E-state index is -3.13. The van der Waals surface area contributed by atoms with Crippen molar-refractivity contribution in [3.8, 4) is 0 Å². The molecule has 0 bridgehead atoms. The lowest BCUT2D eigenvalue weighted by atomic mass is 10.2. The highest BCUT2D eigenvalue weighted by atomic mass is 19.3. The van der Waals surface area contributed by atoms with E-state index in [1.165, 1.54) is 18.2 Å². The number of carbonyl (C=O) groups is 2. The number of alkyl halides is 2. The normalized spacial score (nSPS) is 12.0. The van der Waals surface area contributed by atoms with Gasteiger partial charge in [-0.25, -0.2) is 9.18 Å². The number of hydrogen-bond acceptors (Lipinski definition) is 3. The number of halogens is 3. The number of nitrogens with one attached hydrogen (secondary N) is 2. The molecule has 0 saturated heterocycles. The number of hydrogen-bond donors (Lipinski definition) is 3. The predicted molar refractivity (Wildman–Crippen MR) is 65.2 cm³/mol. The lowest BCUT2D eigenvalue weighted by molar-refractivity contribution is -0.143. The average Bonchev–Trinajstić information content (AvgIpc) is 2.40. The van der Waals surface area contributed by atoms with E-state index >= 15 is 0 Å². The monoisotopic (exact) mass is 306 g/mol. The van der Waals surface area contributed by atoms with Crippen LogP contribution in [-0.2, 0) is 16.1 Å². The first-order valence-corrected chi connectivity index (χ1v) is 5.80. The van der Waals surface area contributed by atoms with Crippen LogP contribution in [0.25, 0.3) is 0 Å². The van der Waals surface area contributed by atoms with Gasteiger partial charge in [0.1, 0.15) is 11.9 Å². The quantitative estimate of drug-likeness (QED) is 0.709. The molecule has 0 aromatic heterocycles. The fourth-order valence-electron chi connectivity index (χ4n) is 1.46. The van der Waals surface area contributed by atoms with E-state index in [2.05, 4.69) is 10.1 Å². The molecule has 2 amide bonds. The molecule has 0 fully saturated rings. The van der Waals surface area contributed by atoms with Crippen LogP contribution in [0.1, 0.15) is 5.56 Å². The van der Waals surface area contributed by atoms with Crippen molar-refractivity contribution in [3.63, 3.8) is 0 Å². The standard InChI is InChI=1S/C12H13F3N2O4/c13-8-3-1-2-7(4-8)5-16-10(18)9(17-12(19)20)6-21-11(14)15/h1-4,9,11,17H,5-6H2,(H,16,18)(H,19,20)/t9-/m1/s1. The molecule has 0 spiro atoms.